The molecule has 1 heterocycles. The Morgan fingerprint density at radius 1 is 1.20 bits per heavy atom. The number of ether oxygens (including phenoxy) is 2. The summed E-state index contributed by atoms with van der Waals surface area (Å²) >= 11 is 11.7. The highest BCUT2D eigenvalue weighted by molar-refractivity contribution is 6.34. The number of nitrogen functional groups attached to an aromatic ring is 1. The zero-order valence-corrected chi connectivity index (χ0v) is 11.9. The molecule has 1 aromatic carbocycles. The molecule has 2 rings (SSSR count). The molecule has 20 heavy (non-hydrogen) atoms. The number of aromatic nitrogens is 1. The van der Waals surface area contributed by atoms with Gasteiger partial charge in [-0.15, -0.1) is 0 Å². The van der Waals surface area contributed by atoms with Gasteiger partial charge in [-0.25, -0.2) is 9.78 Å². The number of hydrogen-bond donors (Lipinski definition) is 1. The number of hydrogen-bond acceptors (Lipinski definition) is 5. The van der Waals surface area contributed by atoms with E-state index in [0.717, 1.165) is 0 Å². The number of esters is 1. The number of carbonyl (C=O) groups is 1. The van der Waals surface area contributed by atoms with Crippen LogP contribution in [0.4, 0.5) is 5.69 Å². The second-order valence-corrected chi connectivity index (χ2v) is 4.66. The van der Waals surface area contributed by atoms with Crippen molar-refractivity contribution in [2.75, 3.05) is 12.8 Å². The molecule has 0 atom stereocenters. The van der Waals surface area contributed by atoms with Crippen LogP contribution in [0, 0.1) is 0 Å². The first kappa shape index (κ1) is 14.4. The highest BCUT2D eigenvalue weighted by Crippen LogP contribution is 2.30. The van der Waals surface area contributed by atoms with Crippen LogP contribution >= 0.6 is 23.2 Å². The van der Waals surface area contributed by atoms with Gasteiger partial charge in [-0.3, -0.25) is 0 Å². The number of halogens is 2. The van der Waals surface area contributed by atoms with Crippen LogP contribution in [0.15, 0.2) is 30.3 Å². The van der Waals surface area contributed by atoms with E-state index in [0.29, 0.717) is 15.8 Å². The molecular formula is C13H10Cl2N2O3. The van der Waals surface area contributed by atoms with Gasteiger partial charge >= 0.3 is 5.97 Å². The molecule has 5 nitrogen and oxygen atoms in total. The van der Waals surface area contributed by atoms with E-state index < -0.39 is 5.97 Å². The minimum atomic E-state index is -0.584. The van der Waals surface area contributed by atoms with Gasteiger partial charge in [0, 0.05) is 10.0 Å². The summed E-state index contributed by atoms with van der Waals surface area (Å²) in [6.45, 7) is 0. The van der Waals surface area contributed by atoms with Crippen molar-refractivity contribution in [1.82, 2.24) is 4.98 Å². The maximum absolute atomic E-state index is 11.4. The Bertz CT molecular complexity index is 642. The molecule has 0 aliphatic carbocycles. The van der Waals surface area contributed by atoms with Gasteiger partial charge in [-0.1, -0.05) is 23.2 Å². The molecular weight excluding hydrogens is 303 g/mol. The predicted octanol–water partition coefficient (Wildman–Crippen LogP) is 3.55. The van der Waals surface area contributed by atoms with Crippen LogP contribution in [0.1, 0.15) is 10.5 Å². The van der Waals surface area contributed by atoms with Crippen molar-refractivity contribution >= 4 is 34.9 Å². The largest absolute Gasteiger partial charge is 0.464 e. The lowest BCUT2D eigenvalue weighted by Gasteiger charge is -2.09. The fourth-order valence-electron chi connectivity index (χ4n) is 1.45. The fraction of sp³-hybridized carbons (Fsp3) is 0.0769. The van der Waals surface area contributed by atoms with Crippen molar-refractivity contribution < 1.29 is 14.3 Å². The summed E-state index contributed by atoms with van der Waals surface area (Å²) in [5.41, 5.74) is 6.11. The normalized spacial score (nSPS) is 10.2. The highest BCUT2D eigenvalue weighted by Gasteiger charge is 2.12. The van der Waals surface area contributed by atoms with E-state index in [-0.39, 0.29) is 17.3 Å². The van der Waals surface area contributed by atoms with E-state index in [1.54, 1.807) is 18.2 Å². The standard InChI is InChI=1S/C13H10Cl2N2O3/c1-19-13(18)11-3-2-10(16)12(17-11)20-9-5-7(14)4-8(15)6-9/h2-6H,16H2,1H3. The third kappa shape index (κ3) is 3.31. The van der Waals surface area contributed by atoms with E-state index in [9.17, 15) is 4.79 Å². The Kier molecular flexibility index (Phi) is 4.32. The fourth-order valence-corrected chi connectivity index (χ4v) is 1.96. The average Bonchev–Trinajstić information content (AvgIpc) is 2.39. The molecule has 0 bridgehead atoms. The summed E-state index contributed by atoms with van der Waals surface area (Å²) in [7, 11) is 1.26. The third-order valence-electron chi connectivity index (χ3n) is 2.33. The zero-order chi connectivity index (χ0) is 14.7. The first-order chi connectivity index (χ1) is 9.49. The van der Waals surface area contributed by atoms with Crippen molar-refractivity contribution in [3.63, 3.8) is 0 Å². The lowest BCUT2D eigenvalue weighted by molar-refractivity contribution is 0.0593. The van der Waals surface area contributed by atoms with Gasteiger partial charge < -0.3 is 15.2 Å². The molecule has 0 unspecified atom stereocenters. The molecule has 0 saturated carbocycles. The molecule has 0 radical (unpaired) electrons. The Balaban J connectivity index is 2.34. The Morgan fingerprint density at radius 2 is 1.85 bits per heavy atom. The highest BCUT2D eigenvalue weighted by atomic mass is 35.5. The number of carbonyl (C=O) groups excluding carboxylic acids is 1. The van der Waals surface area contributed by atoms with Crippen LogP contribution in [0.2, 0.25) is 10.0 Å². The predicted molar refractivity (Wildman–Crippen MR) is 76.5 cm³/mol. The zero-order valence-electron chi connectivity index (χ0n) is 10.4. The quantitative estimate of drug-likeness (QED) is 0.877. The summed E-state index contributed by atoms with van der Waals surface area (Å²) in [4.78, 5) is 15.4. The van der Waals surface area contributed by atoms with E-state index in [1.165, 1.54) is 19.2 Å². The minimum absolute atomic E-state index is 0.0752. The van der Waals surface area contributed by atoms with Crippen molar-refractivity contribution in [2.45, 2.75) is 0 Å². The van der Waals surface area contributed by atoms with Gasteiger partial charge in [0.15, 0.2) is 5.69 Å². The first-order valence-corrected chi connectivity index (χ1v) is 6.24. The maximum Gasteiger partial charge on any atom is 0.356 e. The minimum Gasteiger partial charge on any atom is -0.464 e. The van der Waals surface area contributed by atoms with Gasteiger partial charge in [0.05, 0.1) is 12.8 Å². The van der Waals surface area contributed by atoms with Gasteiger partial charge in [0.2, 0.25) is 5.88 Å². The number of nitrogens with two attached hydrogens (primary N) is 1. The summed E-state index contributed by atoms with van der Waals surface area (Å²) in [5, 5.41) is 0.824. The molecule has 0 aliphatic heterocycles. The number of nitrogens with zero attached hydrogens (tertiary/aromatic N) is 1. The van der Waals surface area contributed by atoms with Crippen molar-refractivity contribution in [1.29, 1.82) is 0 Å². The number of rotatable bonds is 3. The van der Waals surface area contributed by atoms with Crippen LogP contribution in [-0.2, 0) is 4.74 Å². The summed E-state index contributed by atoms with van der Waals surface area (Å²) in [6, 6.07) is 7.62. The van der Waals surface area contributed by atoms with Crippen LogP contribution in [0.25, 0.3) is 0 Å². The Morgan fingerprint density at radius 3 is 2.45 bits per heavy atom. The van der Waals surface area contributed by atoms with Crippen LogP contribution < -0.4 is 10.5 Å². The lowest BCUT2D eigenvalue weighted by Crippen LogP contribution is -2.06. The molecule has 0 aliphatic rings. The van der Waals surface area contributed by atoms with E-state index >= 15 is 0 Å². The SMILES string of the molecule is COC(=O)c1ccc(N)c(Oc2cc(Cl)cc(Cl)c2)n1. The molecule has 7 heteroatoms. The van der Waals surface area contributed by atoms with Crippen LogP contribution in [0.3, 0.4) is 0 Å². The van der Waals surface area contributed by atoms with Gasteiger partial charge in [-0.2, -0.15) is 0 Å². The van der Waals surface area contributed by atoms with Gasteiger partial charge in [-0.05, 0) is 30.3 Å². The Labute approximate surface area is 125 Å². The number of anilines is 1. The smallest absolute Gasteiger partial charge is 0.356 e. The topological polar surface area (TPSA) is 74.4 Å². The molecule has 104 valence electrons. The third-order valence-corrected chi connectivity index (χ3v) is 2.77. The molecule has 0 fully saturated rings. The molecule has 0 saturated heterocycles. The van der Waals surface area contributed by atoms with Crippen LogP contribution in [-0.4, -0.2) is 18.1 Å². The van der Waals surface area contributed by atoms with Gasteiger partial charge in [0.25, 0.3) is 0 Å². The number of pyridine rings is 1. The molecule has 0 spiro atoms. The van der Waals surface area contributed by atoms with E-state index in [2.05, 4.69) is 9.72 Å². The number of methoxy groups -OCH3 is 1. The monoisotopic (exact) mass is 312 g/mol. The first-order valence-electron chi connectivity index (χ1n) is 5.48. The van der Waals surface area contributed by atoms with Crippen molar-refractivity contribution in [3.05, 3.63) is 46.1 Å². The molecule has 2 N–H and O–H groups in total. The van der Waals surface area contributed by atoms with E-state index in [4.69, 9.17) is 33.7 Å². The summed E-state index contributed by atoms with van der Waals surface area (Å²) < 4.78 is 10.1. The summed E-state index contributed by atoms with van der Waals surface area (Å²) in [6.07, 6.45) is 0. The molecule has 0 amide bonds. The molecule has 1 aromatic heterocycles. The number of benzene rings is 1. The lowest BCUT2D eigenvalue weighted by atomic mass is 10.3. The molecule has 2 aromatic rings. The summed E-state index contributed by atoms with van der Waals surface area (Å²) in [5.74, 6) is -0.145. The second kappa shape index (κ2) is 5.98. The average molecular weight is 313 g/mol. The Hall–Kier alpha value is -1.98. The van der Waals surface area contributed by atoms with Gasteiger partial charge in [0.1, 0.15) is 5.75 Å². The van der Waals surface area contributed by atoms with Crippen molar-refractivity contribution in [3.8, 4) is 11.6 Å². The second-order valence-electron chi connectivity index (χ2n) is 3.79. The maximum atomic E-state index is 11.4. The van der Waals surface area contributed by atoms with E-state index in [1.807, 2.05) is 0 Å². The van der Waals surface area contributed by atoms with Crippen LogP contribution in [0.5, 0.6) is 11.6 Å². The van der Waals surface area contributed by atoms with Crippen molar-refractivity contribution in [2.24, 2.45) is 0 Å².